The molecule has 1 aliphatic carbocycles. The molecule has 0 radical (unpaired) electrons. The lowest BCUT2D eigenvalue weighted by Gasteiger charge is -2.37. The van der Waals surface area contributed by atoms with Crippen molar-refractivity contribution in [3.63, 3.8) is 0 Å². The SMILES string of the molecule is CCN(C(=O)N1CCCC1(C)C(=O)O)C1CCCC1. The van der Waals surface area contributed by atoms with Crippen LogP contribution in [-0.4, -0.2) is 51.6 Å². The summed E-state index contributed by atoms with van der Waals surface area (Å²) in [6.45, 7) is 4.87. The van der Waals surface area contributed by atoms with Crippen LogP contribution in [0.4, 0.5) is 4.79 Å². The quantitative estimate of drug-likeness (QED) is 0.854. The molecule has 108 valence electrons. The molecule has 5 heteroatoms. The molecule has 0 aromatic heterocycles. The Morgan fingerprint density at radius 3 is 2.47 bits per heavy atom. The fourth-order valence-electron chi connectivity index (χ4n) is 3.41. The normalized spacial score (nSPS) is 27.8. The van der Waals surface area contributed by atoms with E-state index in [2.05, 4.69) is 0 Å². The monoisotopic (exact) mass is 268 g/mol. The zero-order valence-corrected chi connectivity index (χ0v) is 11.9. The lowest BCUT2D eigenvalue weighted by molar-refractivity contribution is -0.147. The van der Waals surface area contributed by atoms with Crippen LogP contribution in [0.1, 0.15) is 52.4 Å². The molecule has 0 aromatic carbocycles. The molecule has 1 aliphatic heterocycles. The Balaban J connectivity index is 2.15. The Hall–Kier alpha value is -1.26. The standard InChI is InChI=1S/C14H24N2O3/c1-3-15(11-7-4-5-8-11)13(19)16-10-6-9-14(16,2)12(17)18/h11H,3-10H2,1-2H3,(H,17,18). The summed E-state index contributed by atoms with van der Waals surface area (Å²) in [6.07, 6.45) is 5.77. The van der Waals surface area contributed by atoms with E-state index in [1.54, 1.807) is 11.8 Å². The van der Waals surface area contributed by atoms with Gasteiger partial charge in [0.25, 0.3) is 0 Å². The highest BCUT2D eigenvalue weighted by Gasteiger charge is 2.47. The van der Waals surface area contributed by atoms with Crippen LogP contribution >= 0.6 is 0 Å². The first kappa shape index (κ1) is 14.2. The number of urea groups is 1. The van der Waals surface area contributed by atoms with Crippen molar-refractivity contribution in [2.24, 2.45) is 0 Å². The maximum atomic E-state index is 12.7. The van der Waals surface area contributed by atoms with E-state index in [4.69, 9.17) is 0 Å². The van der Waals surface area contributed by atoms with Gasteiger partial charge in [0.2, 0.25) is 0 Å². The number of rotatable bonds is 3. The van der Waals surface area contributed by atoms with E-state index in [1.165, 1.54) is 12.8 Å². The lowest BCUT2D eigenvalue weighted by atomic mass is 9.99. The maximum Gasteiger partial charge on any atom is 0.329 e. The van der Waals surface area contributed by atoms with E-state index in [0.717, 1.165) is 19.3 Å². The van der Waals surface area contributed by atoms with Gasteiger partial charge in [-0.1, -0.05) is 12.8 Å². The molecule has 1 saturated carbocycles. The zero-order chi connectivity index (χ0) is 14.0. The molecule has 2 aliphatic rings. The molecule has 5 nitrogen and oxygen atoms in total. The third kappa shape index (κ3) is 2.42. The second-order valence-corrected chi connectivity index (χ2v) is 5.84. The molecule has 2 amide bonds. The molecule has 1 unspecified atom stereocenters. The first-order valence-corrected chi connectivity index (χ1v) is 7.32. The average molecular weight is 268 g/mol. The summed E-state index contributed by atoms with van der Waals surface area (Å²) in [5.41, 5.74) is -1.02. The van der Waals surface area contributed by atoms with Gasteiger partial charge in [0.1, 0.15) is 5.54 Å². The topological polar surface area (TPSA) is 60.9 Å². The number of carbonyl (C=O) groups excluding carboxylic acids is 1. The third-order valence-corrected chi connectivity index (χ3v) is 4.68. The first-order valence-electron chi connectivity index (χ1n) is 7.32. The average Bonchev–Trinajstić information content (AvgIpc) is 3.00. The van der Waals surface area contributed by atoms with Gasteiger partial charge in [-0.3, -0.25) is 0 Å². The molecule has 1 saturated heterocycles. The highest BCUT2D eigenvalue weighted by molar-refractivity contribution is 5.86. The van der Waals surface area contributed by atoms with Crippen LogP contribution in [0.25, 0.3) is 0 Å². The molecule has 19 heavy (non-hydrogen) atoms. The molecular formula is C14H24N2O3. The van der Waals surface area contributed by atoms with Crippen LogP contribution in [0.3, 0.4) is 0 Å². The lowest BCUT2D eigenvalue weighted by Crippen LogP contribution is -2.56. The van der Waals surface area contributed by atoms with Crippen molar-refractivity contribution in [3.8, 4) is 0 Å². The summed E-state index contributed by atoms with van der Waals surface area (Å²) in [4.78, 5) is 27.6. The number of carboxylic acids is 1. The van der Waals surface area contributed by atoms with E-state index in [1.807, 2.05) is 11.8 Å². The smallest absolute Gasteiger partial charge is 0.329 e. The Bertz CT molecular complexity index is 366. The fourth-order valence-corrected chi connectivity index (χ4v) is 3.41. The second-order valence-electron chi connectivity index (χ2n) is 5.84. The highest BCUT2D eigenvalue weighted by atomic mass is 16.4. The molecule has 1 N–H and O–H groups in total. The van der Waals surface area contributed by atoms with E-state index in [-0.39, 0.29) is 6.03 Å². The molecule has 0 spiro atoms. The van der Waals surface area contributed by atoms with Gasteiger partial charge in [-0.25, -0.2) is 9.59 Å². The van der Waals surface area contributed by atoms with Gasteiger partial charge in [0, 0.05) is 19.1 Å². The first-order chi connectivity index (χ1) is 9.00. The molecule has 1 atom stereocenters. The predicted octanol–water partition coefficient (Wildman–Crippen LogP) is 2.31. The maximum absolute atomic E-state index is 12.7. The molecule has 1 heterocycles. The van der Waals surface area contributed by atoms with Crippen molar-refractivity contribution < 1.29 is 14.7 Å². The van der Waals surface area contributed by atoms with Crippen molar-refractivity contribution in [1.29, 1.82) is 0 Å². The largest absolute Gasteiger partial charge is 0.480 e. The van der Waals surface area contributed by atoms with Crippen molar-refractivity contribution >= 4 is 12.0 Å². The van der Waals surface area contributed by atoms with E-state index in [0.29, 0.717) is 25.6 Å². The van der Waals surface area contributed by atoms with Crippen LogP contribution in [-0.2, 0) is 4.79 Å². The van der Waals surface area contributed by atoms with Gasteiger partial charge < -0.3 is 14.9 Å². The number of hydrogen-bond donors (Lipinski definition) is 1. The van der Waals surface area contributed by atoms with Gasteiger partial charge in [-0.2, -0.15) is 0 Å². The Kier molecular flexibility index (Phi) is 4.02. The van der Waals surface area contributed by atoms with Crippen molar-refractivity contribution in [2.75, 3.05) is 13.1 Å². The Morgan fingerprint density at radius 1 is 1.32 bits per heavy atom. The third-order valence-electron chi connectivity index (χ3n) is 4.68. The van der Waals surface area contributed by atoms with Crippen molar-refractivity contribution in [3.05, 3.63) is 0 Å². The van der Waals surface area contributed by atoms with Crippen LogP contribution in [0.5, 0.6) is 0 Å². The van der Waals surface area contributed by atoms with E-state index < -0.39 is 11.5 Å². The number of aliphatic carboxylic acids is 1. The number of hydrogen-bond acceptors (Lipinski definition) is 2. The summed E-state index contributed by atoms with van der Waals surface area (Å²) < 4.78 is 0. The number of nitrogens with zero attached hydrogens (tertiary/aromatic N) is 2. The second kappa shape index (κ2) is 5.39. The minimum Gasteiger partial charge on any atom is -0.480 e. The van der Waals surface area contributed by atoms with Gasteiger partial charge in [-0.15, -0.1) is 0 Å². The molecule has 0 aromatic rings. The summed E-state index contributed by atoms with van der Waals surface area (Å²) in [6, 6.07) is 0.216. The van der Waals surface area contributed by atoms with E-state index >= 15 is 0 Å². The van der Waals surface area contributed by atoms with Crippen molar-refractivity contribution in [1.82, 2.24) is 9.80 Å². The minimum absolute atomic E-state index is 0.0863. The molecule has 2 rings (SSSR count). The summed E-state index contributed by atoms with van der Waals surface area (Å²) in [7, 11) is 0. The number of carbonyl (C=O) groups is 2. The molecular weight excluding hydrogens is 244 g/mol. The minimum atomic E-state index is -1.02. The summed E-state index contributed by atoms with van der Waals surface area (Å²) in [5, 5.41) is 9.40. The summed E-state index contributed by atoms with van der Waals surface area (Å²) >= 11 is 0. The van der Waals surface area contributed by atoms with Crippen LogP contribution in [0.15, 0.2) is 0 Å². The Labute approximate surface area is 114 Å². The number of amides is 2. The van der Waals surface area contributed by atoms with Gasteiger partial charge in [-0.05, 0) is 39.5 Å². The predicted molar refractivity (Wildman–Crippen MR) is 72.0 cm³/mol. The molecule has 0 bridgehead atoms. The Morgan fingerprint density at radius 2 is 1.95 bits per heavy atom. The summed E-state index contributed by atoms with van der Waals surface area (Å²) in [5.74, 6) is -0.888. The molecule has 2 fully saturated rings. The fraction of sp³-hybridized carbons (Fsp3) is 0.857. The van der Waals surface area contributed by atoms with Gasteiger partial charge in [0.15, 0.2) is 0 Å². The van der Waals surface area contributed by atoms with Gasteiger partial charge >= 0.3 is 12.0 Å². The number of carboxylic acid groups (broad SMARTS) is 1. The zero-order valence-electron chi connectivity index (χ0n) is 11.9. The number of likely N-dealkylation sites (tertiary alicyclic amines) is 1. The van der Waals surface area contributed by atoms with Crippen LogP contribution in [0.2, 0.25) is 0 Å². The van der Waals surface area contributed by atoms with Crippen LogP contribution in [0, 0.1) is 0 Å². The van der Waals surface area contributed by atoms with Crippen LogP contribution < -0.4 is 0 Å². The van der Waals surface area contributed by atoms with E-state index in [9.17, 15) is 14.7 Å². The van der Waals surface area contributed by atoms with Crippen molar-refractivity contribution in [2.45, 2.75) is 64.0 Å². The highest BCUT2D eigenvalue weighted by Crippen LogP contribution is 2.32. The van der Waals surface area contributed by atoms with Gasteiger partial charge in [0.05, 0.1) is 0 Å².